The maximum absolute atomic E-state index is 12.1. The zero-order valence-electron chi connectivity index (χ0n) is 11.5. The smallest absolute Gasteiger partial charge is 0.293 e. The van der Waals surface area contributed by atoms with Gasteiger partial charge in [0.05, 0.1) is 11.5 Å². The van der Waals surface area contributed by atoms with E-state index in [-0.39, 0.29) is 28.3 Å². The number of para-hydroxylation sites is 1. The number of nitrogens with zero attached hydrogens (tertiary/aromatic N) is 1. The summed E-state index contributed by atoms with van der Waals surface area (Å²) in [5.74, 6) is -0.0856. The predicted molar refractivity (Wildman–Crippen MR) is 82.1 cm³/mol. The normalized spacial score (nSPS) is 16.6. The Labute approximate surface area is 126 Å². The van der Waals surface area contributed by atoms with E-state index >= 15 is 0 Å². The highest BCUT2D eigenvalue weighted by Crippen LogP contribution is 2.36. The molecule has 2 rings (SSSR count). The zero-order valence-corrected chi connectivity index (χ0v) is 12.4. The number of imide groups is 1. The lowest BCUT2D eigenvalue weighted by Gasteiger charge is -2.09. The fourth-order valence-electron chi connectivity index (χ4n) is 1.86. The number of ether oxygens (including phenoxy) is 1. The third-order valence-electron chi connectivity index (χ3n) is 2.80. The SMILES string of the molecule is C=CCN1C(=O)S/C(=C\c2cccc(OCC)c2O)C1=O. The summed E-state index contributed by atoms with van der Waals surface area (Å²) >= 11 is 0.843. The van der Waals surface area contributed by atoms with Crippen LogP contribution in [-0.2, 0) is 4.79 Å². The number of hydrogen-bond donors (Lipinski definition) is 1. The molecule has 1 aliphatic rings. The van der Waals surface area contributed by atoms with Crippen molar-refractivity contribution < 1.29 is 19.4 Å². The van der Waals surface area contributed by atoms with Crippen LogP contribution < -0.4 is 4.74 Å². The molecule has 1 fully saturated rings. The molecule has 1 N–H and O–H groups in total. The fraction of sp³-hybridized carbons (Fsp3) is 0.200. The first-order chi connectivity index (χ1) is 10.1. The largest absolute Gasteiger partial charge is 0.504 e. The van der Waals surface area contributed by atoms with Crippen LogP contribution in [0.4, 0.5) is 4.79 Å². The highest BCUT2D eigenvalue weighted by molar-refractivity contribution is 8.18. The van der Waals surface area contributed by atoms with E-state index in [4.69, 9.17) is 4.74 Å². The molecule has 1 saturated heterocycles. The van der Waals surface area contributed by atoms with Crippen molar-refractivity contribution in [1.29, 1.82) is 0 Å². The zero-order chi connectivity index (χ0) is 15.4. The Morgan fingerprint density at radius 3 is 2.86 bits per heavy atom. The molecule has 0 spiro atoms. The minimum atomic E-state index is -0.383. The first-order valence-corrected chi connectivity index (χ1v) is 7.21. The Morgan fingerprint density at radius 2 is 2.19 bits per heavy atom. The van der Waals surface area contributed by atoms with Gasteiger partial charge in [0, 0.05) is 12.1 Å². The van der Waals surface area contributed by atoms with Crippen LogP contribution in [0.5, 0.6) is 11.5 Å². The second kappa shape index (κ2) is 6.49. The lowest BCUT2D eigenvalue weighted by Crippen LogP contribution is -2.27. The Bertz CT molecular complexity index is 624. The van der Waals surface area contributed by atoms with Crippen LogP contribution in [0.25, 0.3) is 6.08 Å². The van der Waals surface area contributed by atoms with Crippen LogP contribution >= 0.6 is 11.8 Å². The number of phenolic OH excluding ortho intramolecular Hbond substituents is 1. The van der Waals surface area contributed by atoms with Crippen LogP contribution in [0.1, 0.15) is 12.5 Å². The minimum Gasteiger partial charge on any atom is -0.504 e. The molecule has 0 saturated carbocycles. The van der Waals surface area contributed by atoms with Gasteiger partial charge in [-0.25, -0.2) is 0 Å². The van der Waals surface area contributed by atoms with Gasteiger partial charge >= 0.3 is 0 Å². The quantitative estimate of drug-likeness (QED) is 0.669. The topological polar surface area (TPSA) is 66.8 Å². The van der Waals surface area contributed by atoms with Gasteiger partial charge in [-0.15, -0.1) is 6.58 Å². The lowest BCUT2D eigenvalue weighted by molar-refractivity contribution is -0.122. The molecule has 0 radical (unpaired) electrons. The molecule has 1 aromatic rings. The van der Waals surface area contributed by atoms with Gasteiger partial charge < -0.3 is 9.84 Å². The Kier molecular flexibility index (Phi) is 4.70. The number of benzene rings is 1. The Hall–Kier alpha value is -2.21. The third kappa shape index (κ3) is 3.11. The molecule has 21 heavy (non-hydrogen) atoms. The second-order valence-corrected chi connectivity index (χ2v) is 5.20. The van der Waals surface area contributed by atoms with Gasteiger partial charge in [-0.2, -0.15) is 0 Å². The second-order valence-electron chi connectivity index (χ2n) is 4.21. The molecule has 2 amide bonds. The summed E-state index contributed by atoms with van der Waals surface area (Å²) in [7, 11) is 0. The van der Waals surface area contributed by atoms with Crippen molar-refractivity contribution in [2.45, 2.75) is 6.92 Å². The highest BCUT2D eigenvalue weighted by Gasteiger charge is 2.34. The summed E-state index contributed by atoms with van der Waals surface area (Å²) in [6, 6.07) is 5.00. The van der Waals surface area contributed by atoms with E-state index in [1.165, 1.54) is 12.2 Å². The van der Waals surface area contributed by atoms with Gasteiger partial charge in [0.25, 0.3) is 11.1 Å². The van der Waals surface area contributed by atoms with Gasteiger partial charge in [-0.1, -0.05) is 18.2 Å². The van der Waals surface area contributed by atoms with Crippen LogP contribution in [0.15, 0.2) is 35.8 Å². The van der Waals surface area contributed by atoms with Gasteiger partial charge in [-0.05, 0) is 30.8 Å². The average molecular weight is 305 g/mol. The maximum Gasteiger partial charge on any atom is 0.293 e. The van der Waals surface area contributed by atoms with Crippen LogP contribution in [0.2, 0.25) is 0 Å². The molecule has 1 aliphatic heterocycles. The van der Waals surface area contributed by atoms with Crippen molar-refractivity contribution in [1.82, 2.24) is 4.90 Å². The van der Waals surface area contributed by atoms with Gasteiger partial charge in [0.2, 0.25) is 0 Å². The molecule has 6 heteroatoms. The molecular formula is C15H15NO4S. The predicted octanol–water partition coefficient (Wildman–Crippen LogP) is 3.01. The summed E-state index contributed by atoms with van der Waals surface area (Å²) in [6.45, 7) is 5.93. The fourth-order valence-corrected chi connectivity index (χ4v) is 2.69. The van der Waals surface area contributed by atoms with E-state index in [9.17, 15) is 14.7 Å². The summed E-state index contributed by atoms with van der Waals surface area (Å²) in [6.07, 6.45) is 2.98. The number of thioether (sulfide) groups is 1. The summed E-state index contributed by atoms with van der Waals surface area (Å²) in [5.41, 5.74) is 0.435. The molecule has 110 valence electrons. The standard InChI is InChI=1S/C15H15NO4S/c1-3-8-16-14(18)12(21-15(16)19)9-10-6-5-7-11(13(10)17)20-4-2/h3,5-7,9,17H,1,4,8H2,2H3/b12-9-. The van der Waals surface area contributed by atoms with E-state index in [0.29, 0.717) is 17.9 Å². The summed E-state index contributed by atoms with van der Waals surface area (Å²) in [4.78, 5) is 25.2. The highest BCUT2D eigenvalue weighted by atomic mass is 32.2. The Balaban J connectivity index is 2.32. The molecule has 1 heterocycles. The van der Waals surface area contributed by atoms with E-state index in [2.05, 4.69) is 6.58 Å². The number of carbonyl (C=O) groups is 2. The van der Waals surface area contributed by atoms with Crippen LogP contribution in [0.3, 0.4) is 0 Å². The van der Waals surface area contributed by atoms with E-state index in [1.807, 2.05) is 6.92 Å². The van der Waals surface area contributed by atoms with Crippen molar-refractivity contribution in [3.8, 4) is 11.5 Å². The van der Waals surface area contributed by atoms with Crippen molar-refractivity contribution in [3.63, 3.8) is 0 Å². The molecule has 0 aromatic heterocycles. The van der Waals surface area contributed by atoms with Gasteiger partial charge in [0.15, 0.2) is 11.5 Å². The van der Waals surface area contributed by atoms with Crippen LogP contribution in [-0.4, -0.2) is 34.3 Å². The number of amides is 2. The molecule has 5 nitrogen and oxygen atoms in total. The van der Waals surface area contributed by atoms with Crippen LogP contribution in [0, 0.1) is 0 Å². The van der Waals surface area contributed by atoms with E-state index in [1.54, 1.807) is 18.2 Å². The molecular weight excluding hydrogens is 290 g/mol. The first kappa shape index (κ1) is 15.2. The third-order valence-corrected chi connectivity index (χ3v) is 3.71. The Morgan fingerprint density at radius 1 is 1.43 bits per heavy atom. The number of hydrogen-bond acceptors (Lipinski definition) is 5. The maximum atomic E-state index is 12.1. The van der Waals surface area contributed by atoms with Crippen molar-refractivity contribution in [2.24, 2.45) is 0 Å². The van der Waals surface area contributed by atoms with E-state index < -0.39 is 0 Å². The molecule has 0 atom stereocenters. The molecule has 1 aromatic carbocycles. The van der Waals surface area contributed by atoms with Crippen molar-refractivity contribution in [3.05, 3.63) is 41.3 Å². The molecule has 0 aliphatic carbocycles. The van der Waals surface area contributed by atoms with E-state index in [0.717, 1.165) is 16.7 Å². The monoisotopic (exact) mass is 305 g/mol. The minimum absolute atomic E-state index is 0.0464. The summed E-state index contributed by atoms with van der Waals surface area (Å²) in [5, 5.41) is 9.76. The number of phenols is 1. The van der Waals surface area contributed by atoms with Crippen molar-refractivity contribution in [2.75, 3.05) is 13.2 Å². The number of carbonyl (C=O) groups excluding carboxylic acids is 2. The summed E-state index contributed by atoms with van der Waals surface area (Å²) < 4.78 is 5.29. The van der Waals surface area contributed by atoms with Gasteiger partial charge in [-0.3, -0.25) is 14.5 Å². The number of aromatic hydroxyl groups is 1. The average Bonchev–Trinajstić information content (AvgIpc) is 2.71. The molecule has 0 bridgehead atoms. The lowest BCUT2D eigenvalue weighted by atomic mass is 10.1. The van der Waals surface area contributed by atoms with Crippen molar-refractivity contribution >= 4 is 29.0 Å². The van der Waals surface area contributed by atoms with Gasteiger partial charge in [0.1, 0.15) is 0 Å². The molecule has 0 unspecified atom stereocenters. The first-order valence-electron chi connectivity index (χ1n) is 6.39. The number of rotatable bonds is 5.